The van der Waals surface area contributed by atoms with Crippen LogP contribution in [0.2, 0.25) is 0 Å². The van der Waals surface area contributed by atoms with Crippen molar-refractivity contribution in [1.29, 1.82) is 0 Å². The largest absolute Gasteiger partial charge is 0.492 e. The molecule has 1 aromatic heterocycles. The molecule has 7 heteroatoms. The Hall–Kier alpha value is -2.54. The molecule has 1 N–H and O–H groups in total. The molecule has 0 spiro atoms. The Labute approximate surface area is 158 Å². The molecule has 1 aromatic carbocycles. The molecule has 0 aliphatic carbocycles. The molecule has 1 saturated heterocycles. The summed E-state index contributed by atoms with van der Waals surface area (Å²) in [4.78, 5) is 22.7. The van der Waals surface area contributed by atoms with Crippen molar-refractivity contribution in [3.8, 4) is 5.75 Å². The van der Waals surface area contributed by atoms with Crippen LogP contribution in [0.1, 0.15) is 30.7 Å². The zero-order chi connectivity index (χ0) is 19.1. The fourth-order valence-corrected chi connectivity index (χ4v) is 3.15. The molecule has 6 nitrogen and oxygen atoms in total. The maximum absolute atomic E-state index is 12.8. The zero-order valence-electron chi connectivity index (χ0n) is 15.5. The lowest BCUT2D eigenvalue weighted by molar-refractivity contribution is -0.129. The van der Waals surface area contributed by atoms with Gasteiger partial charge in [-0.1, -0.05) is 0 Å². The van der Waals surface area contributed by atoms with E-state index in [0.717, 1.165) is 30.8 Å². The average molecular weight is 372 g/mol. The molecule has 0 unspecified atom stereocenters. The van der Waals surface area contributed by atoms with Gasteiger partial charge in [-0.25, -0.2) is 4.39 Å². The second kappa shape index (κ2) is 9.41. The van der Waals surface area contributed by atoms with E-state index in [1.54, 1.807) is 24.5 Å². The standard InChI is InChI=1S/C20H25FN4O2/c1-15-12-24-17(13-23-15)14-25-18(4-7-20(25)26)8-9-22-10-11-27-19-5-2-16(21)3-6-19/h2-3,5-6,12-13,18,22H,4,7-11,14H2,1H3/t18-/m1/s1. The Bertz CT molecular complexity index is 737. The van der Waals surface area contributed by atoms with Crippen LogP contribution in [0.3, 0.4) is 0 Å². The molecule has 1 atom stereocenters. The van der Waals surface area contributed by atoms with E-state index >= 15 is 0 Å². The second-order valence-electron chi connectivity index (χ2n) is 6.70. The normalized spacial score (nSPS) is 16.7. The van der Waals surface area contributed by atoms with Gasteiger partial charge in [0, 0.05) is 25.2 Å². The molecule has 27 heavy (non-hydrogen) atoms. The number of hydrogen-bond acceptors (Lipinski definition) is 5. The Balaban J connectivity index is 1.37. The number of likely N-dealkylation sites (tertiary alicyclic amines) is 1. The molecular formula is C20H25FN4O2. The van der Waals surface area contributed by atoms with Crippen molar-refractivity contribution in [2.75, 3.05) is 19.7 Å². The molecule has 1 fully saturated rings. The molecule has 2 aromatic rings. The number of amides is 1. The topological polar surface area (TPSA) is 67.4 Å². The summed E-state index contributed by atoms with van der Waals surface area (Å²) in [6.45, 7) is 4.43. The maximum Gasteiger partial charge on any atom is 0.223 e. The molecule has 0 bridgehead atoms. The Morgan fingerprint density at radius 3 is 2.78 bits per heavy atom. The molecule has 144 valence electrons. The van der Waals surface area contributed by atoms with Gasteiger partial charge in [-0.05, 0) is 50.6 Å². The number of carbonyl (C=O) groups excluding carboxylic acids is 1. The number of halogens is 1. The predicted octanol–water partition coefficient (Wildman–Crippen LogP) is 2.47. The van der Waals surface area contributed by atoms with Crippen LogP contribution in [0, 0.1) is 12.7 Å². The van der Waals surface area contributed by atoms with Crippen molar-refractivity contribution < 1.29 is 13.9 Å². The third-order valence-corrected chi connectivity index (χ3v) is 4.63. The number of aryl methyl sites for hydroxylation is 1. The molecule has 0 radical (unpaired) electrons. The Morgan fingerprint density at radius 1 is 1.22 bits per heavy atom. The number of benzene rings is 1. The van der Waals surface area contributed by atoms with Crippen LogP contribution in [0.4, 0.5) is 4.39 Å². The summed E-state index contributed by atoms with van der Waals surface area (Å²) >= 11 is 0. The van der Waals surface area contributed by atoms with Crippen LogP contribution in [0.15, 0.2) is 36.7 Å². The number of aromatic nitrogens is 2. The van der Waals surface area contributed by atoms with Gasteiger partial charge in [0.1, 0.15) is 18.2 Å². The maximum atomic E-state index is 12.8. The summed E-state index contributed by atoms with van der Waals surface area (Å²) < 4.78 is 18.4. The van der Waals surface area contributed by atoms with Crippen molar-refractivity contribution >= 4 is 5.91 Å². The fourth-order valence-electron chi connectivity index (χ4n) is 3.15. The third-order valence-electron chi connectivity index (χ3n) is 4.63. The fraction of sp³-hybridized carbons (Fsp3) is 0.450. The van der Waals surface area contributed by atoms with Crippen LogP contribution >= 0.6 is 0 Å². The van der Waals surface area contributed by atoms with E-state index in [1.165, 1.54) is 12.1 Å². The van der Waals surface area contributed by atoms with Gasteiger partial charge in [-0.2, -0.15) is 0 Å². The first-order valence-electron chi connectivity index (χ1n) is 9.28. The first kappa shape index (κ1) is 19.2. The van der Waals surface area contributed by atoms with Gasteiger partial charge in [-0.3, -0.25) is 14.8 Å². The minimum atomic E-state index is -0.271. The summed E-state index contributed by atoms with van der Waals surface area (Å²) in [7, 11) is 0. The van der Waals surface area contributed by atoms with E-state index in [2.05, 4.69) is 15.3 Å². The van der Waals surface area contributed by atoms with Gasteiger partial charge in [0.25, 0.3) is 0 Å². The highest BCUT2D eigenvalue weighted by atomic mass is 19.1. The van der Waals surface area contributed by atoms with Gasteiger partial charge >= 0.3 is 0 Å². The molecule has 3 rings (SSSR count). The third kappa shape index (κ3) is 5.72. The lowest BCUT2D eigenvalue weighted by atomic mass is 10.1. The highest BCUT2D eigenvalue weighted by Crippen LogP contribution is 2.23. The average Bonchev–Trinajstić information content (AvgIpc) is 3.01. The van der Waals surface area contributed by atoms with Crippen molar-refractivity contribution in [3.63, 3.8) is 0 Å². The monoisotopic (exact) mass is 372 g/mol. The first-order chi connectivity index (χ1) is 13.1. The highest BCUT2D eigenvalue weighted by molar-refractivity contribution is 5.78. The summed E-state index contributed by atoms with van der Waals surface area (Å²) in [5, 5.41) is 3.34. The number of hydrogen-bond donors (Lipinski definition) is 1. The van der Waals surface area contributed by atoms with E-state index in [4.69, 9.17) is 4.74 Å². The van der Waals surface area contributed by atoms with E-state index < -0.39 is 0 Å². The van der Waals surface area contributed by atoms with Crippen molar-refractivity contribution in [3.05, 3.63) is 53.9 Å². The molecule has 1 amide bonds. The Morgan fingerprint density at radius 2 is 2.04 bits per heavy atom. The van der Waals surface area contributed by atoms with Gasteiger partial charge in [0.15, 0.2) is 0 Å². The Kier molecular flexibility index (Phi) is 6.70. The van der Waals surface area contributed by atoms with E-state index in [9.17, 15) is 9.18 Å². The lowest BCUT2D eigenvalue weighted by Crippen LogP contribution is -2.35. The van der Waals surface area contributed by atoms with Crippen LogP contribution in [-0.4, -0.2) is 46.5 Å². The van der Waals surface area contributed by atoms with Crippen LogP contribution in [0.5, 0.6) is 5.75 Å². The summed E-state index contributed by atoms with van der Waals surface area (Å²) in [5.41, 5.74) is 1.69. The van der Waals surface area contributed by atoms with Gasteiger partial charge in [0.05, 0.1) is 24.1 Å². The molecule has 1 aliphatic heterocycles. The van der Waals surface area contributed by atoms with Crippen molar-refractivity contribution in [2.24, 2.45) is 0 Å². The number of ether oxygens (including phenoxy) is 1. The summed E-state index contributed by atoms with van der Waals surface area (Å²) in [6, 6.07) is 6.22. The van der Waals surface area contributed by atoms with E-state index in [-0.39, 0.29) is 17.8 Å². The minimum absolute atomic E-state index is 0.182. The highest BCUT2D eigenvalue weighted by Gasteiger charge is 2.30. The predicted molar refractivity (Wildman–Crippen MR) is 99.7 cm³/mol. The van der Waals surface area contributed by atoms with Crippen LogP contribution < -0.4 is 10.1 Å². The molecular weight excluding hydrogens is 347 g/mol. The molecule has 2 heterocycles. The van der Waals surface area contributed by atoms with Crippen molar-refractivity contribution in [2.45, 2.75) is 38.8 Å². The molecule has 0 saturated carbocycles. The van der Waals surface area contributed by atoms with Gasteiger partial charge in [-0.15, -0.1) is 0 Å². The quantitative estimate of drug-likeness (QED) is 0.685. The van der Waals surface area contributed by atoms with E-state index in [0.29, 0.717) is 31.9 Å². The van der Waals surface area contributed by atoms with Crippen LogP contribution in [-0.2, 0) is 11.3 Å². The van der Waals surface area contributed by atoms with Crippen LogP contribution in [0.25, 0.3) is 0 Å². The number of nitrogens with one attached hydrogen (secondary N) is 1. The van der Waals surface area contributed by atoms with Gasteiger partial charge < -0.3 is 15.0 Å². The van der Waals surface area contributed by atoms with Crippen molar-refractivity contribution in [1.82, 2.24) is 20.2 Å². The SMILES string of the molecule is Cc1cnc(CN2C(=O)CC[C@@H]2CCNCCOc2ccc(F)cc2)cn1. The smallest absolute Gasteiger partial charge is 0.223 e. The summed E-state index contributed by atoms with van der Waals surface area (Å²) in [5.74, 6) is 0.569. The van der Waals surface area contributed by atoms with E-state index in [1.807, 2.05) is 11.8 Å². The second-order valence-corrected chi connectivity index (χ2v) is 6.70. The van der Waals surface area contributed by atoms with Gasteiger partial charge in [0.2, 0.25) is 5.91 Å². The lowest BCUT2D eigenvalue weighted by Gasteiger charge is -2.24. The first-order valence-corrected chi connectivity index (χ1v) is 9.28. The molecule has 1 aliphatic rings. The summed E-state index contributed by atoms with van der Waals surface area (Å²) in [6.07, 6.45) is 5.84. The zero-order valence-corrected chi connectivity index (χ0v) is 15.5. The number of nitrogens with zero attached hydrogens (tertiary/aromatic N) is 3. The number of rotatable bonds is 9. The minimum Gasteiger partial charge on any atom is -0.492 e. The number of carbonyl (C=O) groups is 1.